The molecule has 1 unspecified atom stereocenters. The zero-order chi connectivity index (χ0) is 11.3. The molecular weight excluding hydrogens is 192 g/mol. The second-order valence-electron chi connectivity index (χ2n) is 3.46. The molecule has 84 valence electrons. The van der Waals surface area contributed by atoms with Crippen molar-refractivity contribution in [1.82, 2.24) is 20.4 Å². The molecule has 1 heterocycles. The second-order valence-corrected chi connectivity index (χ2v) is 3.46. The van der Waals surface area contributed by atoms with E-state index in [4.69, 9.17) is 0 Å². The van der Waals surface area contributed by atoms with Crippen LogP contribution < -0.4 is 10.6 Å². The maximum absolute atomic E-state index is 11.1. The highest BCUT2D eigenvalue weighted by Crippen LogP contribution is 2.14. The van der Waals surface area contributed by atoms with Crippen molar-refractivity contribution in [1.29, 1.82) is 0 Å². The van der Waals surface area contributed by atoms with Crippen LogP contribution in [0.15, 0.2) is 12.4 Å². The molecule has 0 aliphatic heterocycles. The Morgan fingerprint density at radius 2 is 2.40 bits per heavy atom. The van der Waals surface area contributed by atoms with E-state index in [-0.39, 0.29) is 11.9 Å². The Bertz CT molecular complexity index is 321. The van der Waals surface area contributed by atoms with Crippen LogP contribution in [0.3, 0.4) is 0 Å². The number of hydrogen-bond donors (Lipinski definition) is 2. The highest BCUT2D eigenvalue weighted by Gasteiger charge is 2.11. The van der Waals surface area contributed by atoms with Gasteiger partial charge < -0.3 is 10.6 Å². The van der Waals surface area contributed by atoms with Crippen molar-refractivity contribution in [2.75, 3.05) is 13.6 Å². The number of carbonyl (C=O) groups excluding carboxylic acids is 1. The number of amides is 1. The van der Waals surface area contributed by atoms with Gasteiger partial charge in [-0.05, 0) is 6.42 Å². The van der Waals surface area contributed by atoms with Crippen LogP contribution in [-0.2, 0) is 11.8 Å². The van der Waals surface area contributed by atoms with Crippen LogP contribution in [0.4, 0.5) is 0 Å². The van der Waals surface area contributed by atoms with Gasteiger partial charge in [-0.15, -0.1) is 0 Å². The molecule has 0 fully saturated rings. The minimum atomic E-state index is -0.00246. The van der Waals surface area contributed by atoms with Crippen molar-refractivity contribution in [3.8, 4) is 0 Å². The summed E-state index contributed by atoms with van der Waals surface area (Å²) in [6.07, 6.45) is 4.72. The van der Waals surface area contributed by atoms with Gasteiger partial charge in [0.05, 0.1) is 12.7 Å². The second kappa shape index (κ2) is 5.50. The summed E-state index contributed by atoms with van der Waals surface area (Å²) >= 11 is 0. The first-order chi connectivity index (χ1) is 7.17. The number of aryl methyl sites for hydroxylation is 1. The van der Waals surface area contributed by atoms with Crippen LogP contribution in [0.1, 0.15) is 24.9 Å². The molecule has 15 heavy (non-hydrogen) atoms. The quantitative estimate of drug-likeness (QED) is 0.730. The third-order valence-corrected chi connectivity index (χ3v) is 2.32. The van der Waals surface area contributed by atoms with E-state index in [1.807, 2.05) is 19.4 Å². The van der Waals surface area contributed by atoms with Gasteiger partial charge in [0, 0.05) is 31.9 Å². The molecule has 1 aromatic heterocycles. The smallest absolute Gasteiger partial charge is 0.233 e. The van der Waals surface area contributed by atoms with Crippen molar-refractivity contribution in [2.24, 2.45) is 7.05 Å². The van der Waals surface area contributed by atoms with Crippen LogP contribution in [0.2, 0.25) is 0 Å². The van der Waals surface area contributed by atoms with Crippen LogP contribution in [0.5, 0.6) is 0 Å². The molecule has 1 atom stereocenters. The van der Waals surface area contributed by atoms with Gasteiger partial charge >= 0.3 is 0 Å². The summed E-state index contributed by atoms with van der Waals surface area (Å²) in [4.78, 5) is 11.1. The molecule has 1 aromatic rings. The number of likely N-dealkylation sites (N-methyl/N-ethyl adjacent to an activating group) is 1. The zero-order valence-corrected chi connectivity index (χ0v) is 9.45. The maximum Gasteiger partial charge on any atom is 0.233 e. The van der Waals surface area contributed by atoms with Crippen molar-refractivity contribution >= 4 is 5.91 Å². The fourth-order valence-electron chi connectivity index (χ4n) is 1.42. The van der Waals surface area contributed by atoms with Crippen molar-refractivity contribution in [3.05, 3.63) is 18.0 Å². The largest absolute Gasteiger partial charge is 0.358 e. The topological polar surface area (TPSA) is 59.0 Å². The Morgan fingerprint density at radius 3 is 2.87 bits per heavy atom. The minimum absolute atomic E-state index is 0.00246. The summed E-state index contributed by atoms with van der Waals surface area (Å²) in [7, 11) is 3.52. The Labute approximate surface area is 89.9 Å². The Hall–Kier alpha value is -1.36. The summed E-state index contributed by atoms with van der Waals surface area (Å²) in [5.41, 5.74) is 1.11. The van der Waals surface area contributed by atoms with E-state index in [1.165, 1.54) is 0 Å². The molecule has 0 aliphatic carbocycles. The first-order valence-electron chi connectivity index (χ1n) is 5.09. The van der Waals surface area contributed by atoms with E-state index in [1.54, 1.807) is 11.7 Å². The summed E-state index contributed by atoms with van der Waals surface area (Å²) < 4.78 is 1.76. The molecule has 0 saturated heterocycles. The predicted octanol–water partition coefficient (Wildman–Crippen LogP) is 0.207. The highest BCUT2D eigenvalue weighted by atomic mass is 16.1. The molecule has 2 N–H and O–H groups in total. The third-order valence-electron chi connectivity index (χ3n) is 2.32. The lowest BCUT2D eigenvalue weighted by Crippen LogP contribution is -2.33. The number of nitrogens with zero attached hydrogens (tertiary/aromatic N) is 2. The first-order valence-corrected chi connectivity index (χ1v) is 5.09. The maximum atomic E-state index is 11.1. The number of carbonyl (C=O) groups is 1. The summed E-state index contributed by atoms with van der Waals surface area (Å²) in [6, 6.07) is 0.191. The molecule has 0 radical (unpaired) electrons. The molecule has 5 nitrogen and oxygen atoms in total. The van der Waals surface area contributed by atoms with E-state index < -0.39 is 0 Å². The molecule has 5 heteroatoms. The molecule has 0 spiro atoms. The molecule has 1 rings (SSSR count). The number of aromatic nitrogens is 2. The van der Waals surface area contributed by atoms with Crippen LogP contribution in [0, 0.1) is 0 Å². The van der Waals surface area contributed by atoms with E-state index in [9.17, 15) is 4.79 Å². The average molecular weight is 210 g/mol. The zero-order valence-electron chi connectivity index (χ0n) is 9.45. The summed E-state index contributed by atoms with van der Waals surface area (Å²) in [6.45, 7) is 2.42. The summed E-state index contributed by atoms with van der Waals surface area (Å²) in [5, 5.41) is 9.87. The van der Waals surface area contributed by atoms with Gasteiger partial charge in [-0.2, -0.15) is 5.10 Å². The fourth-order valence-corrected chi connectivity index (χ4v) is 1.42. The van der Waals surface area contributed by atoms with Gasteiger partial charge in [-0.25, -0.2) is 0 Å². The van der Waals surface area contributed by atoms with Gasteiger partial charge in [0.15, 0.2) is 0 Å². The van der Waals surface area contributed by atoms with Crippen molar-refractivity contribution < 1.29 is 4.79 Å². The van der Waals surface area contributed by atoms with Gasteiger partial charge in [-0.3, -0.25) is 9.48 Å². The first kappa shape index (κ1) is 11.7. The third kappa shape index (κ3) is 3.36. The van der Waals surface area contributed by atoms with Gasteiger partial charge in [0.1, 0.15) is 0 Å². The lowest BCUT2D eigenvalue weighted by atomic mass is 10.1. The number of nitrogens with one attached hydrogen (secondary N) is 2. The highest BCUT2D eigenvalue weighted by molar-refractivity contribution is 5.77. The summed E-state index contributed by atoms with van der Waals surface area (Å²) in [5.74, 6) is -0.00246. The Kier molecular flexibility index (Phi) is 4.30. The van der Waals surface area contributed by atoms with Crippen LogP contribution in [0.25, 0.3) is 0 Å². The molecule has 0 saturated carbocycles. The standard InChI is InChI=1S/C10H18N4O/c1-4-9(12-6-10(15)11-2)8-5-13-14(3)7-8/h5,7,9,12H,4,6H2,1-3H3,(H,11,15). The van der Waals surface area contributed by atoms with Crippen molar-refractivity contribution in [2.45, 2.75) is 19.4 Å². The molecule has 0 aromatic carbocycles. The fraction of sp³-hybridized carbons (Fsp3) is 0.600. The van der Waals surface area contributed by atoms with Gasteiger partial charge in [0.2, 0.25) is 5.91 Å². The van der Waals surface area contributed by atoms with E-state index in [0.717, 1.165) is 12.0 Å². The van der Waals surface area contributed by atoms with Crippen molar-refractivity contribution in [3.63, 3.8) is 0 Å². The molecule has 1 amide bonds. The number of hydrogen-bond acceptors (Lipinski definition) is 3. The monoisotopic (exact) mass is 210 g/mol. The Morgan fingerprint density at radius 1 is 1.67 bits per heavy atom. The lowest BCUT2D eigenvalue weighted by Gasteiger charge is -2.14. The molecule has 0 bridgehead atoms. The van der Waals surface area contributed by atoms with Crippen LogP contribution >= 0.6 is 0 Å². The lowest BCUT2D eigenvalue weighted by molar-refractivity contribution is -0.119. The predicted molar refractivity (Wildman–Crippen MR) is 58.3 cm³/mol. The SMILES string of the molecule is CCC(NCC(=O)NC)c1cnn(C)c1. The van der Waals surface area contributed by atoms with Gasteiger partial charge in [-0.1, -0.05) is 6.92 Å². The Balaban J connectivity index is 2.53. The molecular formula is C10H18N4O. The molecule has 0 aliphatic rings. The minimum Gasteiger partial charge on any atom is -0.358 e. The normalized spacial score (nSPS) is 12.5. The van der Waals surface area contributed by atoms with Crippen LogP contribution in [-0.4, -0.2) is 29.3 Å². The van der Waals surface area contributed by atoms with E-state index in [0.29, 0.717) is 6.54 Å². The van der Waals surface area contributed by atoms with E-state index >= 15 is 0 Å². The van der Waals surface area contributed by atoms with E-state index in [2.05, 4.69) is 22.7 Å². The number of rotatable bonds is 5. The van der Waals surface area contributed by atoms with Gasteiger partial charge in [0.25, 0.3) is 0 Å². The average Bonchev–Trinajstić information content (AvgIpc) is 2.65.